The van der Waals surface area contributed by atoms with Gasteiger partial charge in [-0.1, -0.05) is 31.0 Å². The van der Waals surface area contributed by atoms with Gasteiger partial charge < -0.3 is 10.1 Å². The second kappa shape index (κ2) is 10.8. The Morgan fingerprint density at radius 2 is 1.78 bits per heavy atom. The van der Waals surface area contributed by atoms with Crippen LogP contribution in [0.3, 0.4) is 0 Å². The summed E-state index contributed by atoms with van der Waals surface area (Å²) >= 11 is 0. The van der Waals surface area contributed by atoms with Crippen LogP contribution in [0, 0.1) is 6.92 Å². The highest BCUT2D eigenvalue weighted by molar-refractivity contribution is 5.96. The lowest BCUT2D eigenvalue weighted by molar-refractivity contribution is -0.120. The van der Waals surface area contributed by atoms with E-state index >= 15 is 0 Å². The fourth-order valence-corrected chi connectivity index (χ4v) is 2.17. The number of ether oxygens (including phenoxy) is 1. The predicted octanol–water partition coefficient (Wildman–Crippen LogP) is 3.05. The van der Waals surface area contributed by atoms with Gasteiger partial charge in [0.05, 0.1) is 19.4 Å². The Kier molecular flexibility index (Phi) is 8.03. The van der Waals surface area contributed by atoms with Crippen molar-refractivity contribution in [2.75, 3.05) is 13.2 Å². The minimum Gasteiger partial charge on any atom is -0.494 e. The summed E-state index contributed by atoms with van der Waals surface area (Å²) in [6.45, 7) is 4.62. The number of unbranched alkanes of at least 4 members (excludes halogenated alkanes) is 1. The van der Waals surface area contributed by atoms with Gasteiger partial charge in [-0.2, -0.15) is 5.10 Å². The molecular weight excluding hydrogens is 342 g/mol. The molecule has 0 aliphatic carbocycles. The predicted molar refractivity (Wildman–Crippen MR) is 106 cm³/mol. The van der Waals surface area contributed by atoms with E-state index in [4.69, 9.17) is 4.74 Å². The van der Waals surface area contributed by atoms with Crippen LogP contribution in [-0.2, 0) is 4.79 Å². The van der Waals surface area contributed by atoms with Gasteiger partial charge in [-0.25, -0.2) is 5.43 Å². The molecule has 0 aliphatic heterocycles. The normalized spacial score (nSPS) is 10.6. The number of hydrogen-bond donors (Lipinski definition) is 2. The first kappa shape index (κ1) is 20.2. The largest absolute Gasteiger partial charge is 0.494 e. The second-order valence-electron chi connectivity index (χ2n) is 6.11. The van der Waals surface area contributed by atoms with E-state index in [9.17, 15) is 9.59 Å². The van der Waals surface area contributed by atoms with E-state index in [2.05, 4.69) is 22.8 Å². The van der Waals surface area contributed by atoms with Crippen LogP contribution in [0.2, 0.25) is 0 Å². The maximum Gasteiger partial charge on any atom is 0.259 e. The molecule has 0 radical (unpaired) electrons. The lowest BCUT2D eigenvalue weighted by Gasteiger charge is -2.05. The number of hydrogen-bond acceptors (Lipinski definition) is 4. The van der Waals surface area contributed by atoms with Crippen molar-refractivity contribution >= 4 is 18.0 Å². The van der Waals surface area contributed by atoms with Crippen molar-refractivity contribution < 1.29 is 14.3 Å². The lowest BCUT2D eigenvalue weighted by Crippen LogP contribution is -2.34. The molecule has 2 aromatic rings. The lowest BCUT2D eigenvalue weighted by atomic mass is 10.1. The second-order valence-corrected chi connectivity index (χ2v) is 6.11. The standard InChI is InChI=1S/C21H25N3O3/c1-3-4-13-27-19-11-7-17(8-12-19)14-23-24-20(25)15-22-21(26)18-9-5-16(2)6-10-18/h5-12,14H,3-4,13,15H2,1-2H3,(H,22,26)(H,24,25)/b23-14+. The van der Waals surface area contributed by atoms with E-state index < -0.39 is 5.91 Å². The monoisotopic (exact) mass is 367 g/mol. The number of carbonyl (C=O) groups is 2. The first-order chi connectivity index (χ1) is 13.1. The molecular formula is C21H25N3O3. The molecule has 0 unspecified atom stereocenters. The zero-order chi connectivity index (χ0) is 19.5. The summed E-state index contributed by atoms with van der Waals surface area (Å²) in [4.78, 5) is 23.7. The molecule has 0 saturated carbocycles. The zero-order valence-electron chi connectivity index (χ0n) is 15.7. The molecule has 27 heavy (non-hydrogen) atoms. The maximum absolute atomic E-state index is 11.9. The van der Waals surface area contributed by atoms with Crippen LogP contribution in [-0.4, -0.2) is 31.2 Å². The van der Waals surface area contributed by atoms with Crippen molar-refractivity contribution in [1.82, 2.24) is 10.7 Å². The molecule has 2 amide bonds. The summed E-state index contributed by atoms with van der Waals surface area (Å²) < 4.78 is 5.59. The van der Waals surface area contributed by atoms with Gasteiger partial charge in [-0.3, -0.25) is 9.59 Å². The topological polar surface area (TPSA) is 79.8 Å². The van der Waals surface area contributed by atoms with Crippen molar-refractivity contribution in [3.05, 3.63) is 65.2 Å². The van der Waals surface area contributed by atoms with Crippen LogP contribution in [0.4, 0.5) is 0 Å². The minimum absolute atomic E-state index is 0.145. The Balaban J connectivity index is 1.72. The average molecular weight is 367 g/mol. The van der Waals surface area contributed by atoms with Crippen molar-refractivity contribution in [3.8, 4) is 5.75 Å². The summed E-state index contributed by atoms with van der Waals surface area (Å²) in [5.41, 5.74) is 4.80. The third-order valence-electron chi connectivity index (χ3n) is 3.77. The number of nitrogens with one attached hydrogen (secondary N) is 2. The Labute approximate surface area is 159 Å². The van der Waals surface area contributed by atoms with Gasteiger partial charge in [-0.15, -0.1) is 0 Å². The Morgan fingerprint density at radius 3 is 2.44 bits per heavy atom. The highest BCUT2D eigenvalue weighted by Gasteiger charge is 2.07. The van der Waals surface area contributed by atoms with Crippen molar-refractivity contribution in [1.29, 1.82) is 0 Å². The van der Waals surface area contributed by atoms with Gasteiger partial charge >= 0.3 is 0 Å². The Bertz CT molecular complexity index is 768. The molecule has 142 valence electrons. The highest BCUT2D eigenvalue weighted by Crippen LogP contribution is 2.11. The average Bonchev–Trinajstić information content (AvgIpc) is 2.68. The molecule has 6 heteroatoms. The van der Waals surface area contributed by atoms with Crippen molar-refractivity contribution in [3.63, 3.8) is 0 Å². The van der Waals surface area contributed by atoms with E-state index in [-0.39, 0.29) is 12.5 Å². The first-order valence-corrected chi connectivity index (χ1v) is 8.98. The molecule has 0 saturated heterocycles. The number of amides is 2. The van der Waals surface area contributed by atoms with E-state index in [1.165, 1.54) is 6.21 Å². The molecule has 2 aromatic carbocycles. The molecule has 6 nitrogen and oxygen atoms in total. The third kappa shape index (κ3) is 7.32. The van der Waals surface area contributed by atoms with Crippen molar-refractivity contribution in [2.45, 2.75) is 26.7 Å². The number of aryl methyl sites for hydroxylation is 1. The number of benzene rings is 2. The highest BCUT2D eigenvalue weighted by atomic mass is 16.5. The van der Waals surface area contributed by atoms with Gasteiger partial charge in [0.25, 0.3) is 11.8 Å². The van der Waals surface area contributed by atoms with Crippen molar-refractivity contribution in [2.24, 2.45) is 5.10 Å². The summed E-state index contributed by atoms with van der Waals surface area (Å²) in [6.07, 6.45) is 3.65. The van der Waals surface area contributed by atoms with Crippen LogP contribution in [0.5, 0.6) is 5.75 Å². The summed E-state index contributed by atoms with van der Waals surface area (Å²) in [5, 5.41) is 6.45. The number of hydrazone groups is 1. The number of nitrogens with zero attached hydrogens (tertiary/aromatic N) is 1. The van der Waals surface area contributed by atoms with Crippen LogP contribution < -0.4 is 15.5 Å². The van der Waals surface area contributed by atoms with Crippen LogP contribution in [0.1, 0.15) is 41.3 Å². The molecule has 0 atom stereocenters. The number of carbonyl (C=O) groups excluding carboxylic acids is 2. The maximum atomic E-state index is 11.9. The van der Waals surface area contributed by atoms with E-state index in [0.29, 0.717) is 12.2 Å². The number of rotatable bonds is 9. The van der Waals surface area contributed by atoms with Gasteiger partial charge in [0, 0.05) is 5.56 Å². The SMILES string of the molecule is CCCCOc1ccc(/C=N/NC(=O)CNC(=O)c2ccc(C)cc2)cc1. The molecule has 2 rings (SSSR count). The van der Waals surface area contributed by atoms with Gasteiger partial charge in [0.15, 0.2) is 0 Å². The van der Waals surface area contributed by atoms with Gasteiger partial charge in [0.2, 0.25) is 0 Å². The fourth-order valence-electron chi connectivity index (χ4n) is 2.17. The molecule has 0 heterocycles. The molecule has 0 aliphatic rings. The summed E-state index contributed by atoms with van der Waals surface area (Å²) in [5.74, 6) is 0.113. The summed E-state index contributed by atoms with van der Waals surface area (Å²) in [7, 11) is 0. The minimum atomic E-state index is -0.397. The molecule has 0 bridgehead atoms. The van der Waals surface area contributed by atoms with Crippen LogP contribution in [0.25, 0.3) is 0 Å². The molecule has 2 N–H and O–H groups in total. The van der Waals surface area contributed by atoms with E-state index in [1.54, 1.807) is 12.1 Å². The van der Waals surface area contributed by atoms with Gasteiger partial charge in [-0.05, 0) is 55.3 Å². The Morgan fingerprint density at radius 1 is 1.07 bits per heavy atom. The van der Waals surface area contributed by atoms with Crippen LogP contribution in [0.15, 0.2) is 53.6 Å². The summed E-state index contributed by atoms with van der Waals surface area (Å²) in [6, 6.07) is 14.6. The van der Waals surface area contributed by atoms with Gasteiger partial charge in [0.1, 0.15) is 5.75 Å². The molecule has 0 aromatic heterocycles. The third-order valence-corrected chi connectivity index (χ3v) is 3.77. The van der Waals surface area contributed by atoms with E-state index in [0.717, 1.165) is 29.7 Å². The molecule has 0 spiro atoms. The quantitative estimate of drug-likeness (QED) is 0.406. The van der Waals surface area contributed by atoms with E-state index in [1.807, 2.05) is 43.3 Å². The first-order valence-electron chi connectivity index (χ1n) is 8.98. The fraction of sp³-hybridized carbons (Fsp3) is 0.286. The Hall–Kier alpha value is -3.15. The smallest absolute Gasteiger partial charge is 0.259 e. The molecule has 0 fully saturated rings. The van der Waals surface area contributed by atoms with Crippen LogP contribution >= 0.6 is 0 Å². The zero-order valence-corrected chi connectivity index (χ0v) is 15.7.